The molecule has 7 heteroatoms. The van der Waals surface area contributed by atoms with Crippen LogP contribution in [0.3, 0.4) is 0 Å². The number of sulfonamides is 1. The first-order valence-corrected chi connectivity index (χ1v) is 9.02. The van der Waals surface area contributed by atoms with Crippen molar-refractivity contribution in [1.29, 1.82) is 0 Å². The van der Waals surface area contributed by atoms with E-state index in [0.717, 1.165) is 18.4 Å². The van der Waals surface area contributed by atoms with Gasteiger partial charge in [-0.2, -0.15) is 0 Å². The van der Waals surface area contributed by atoms with Gasteiger partial charge in [-0.25, -0.2) is 13.1 Å². The molecule has 1 aliphatic rings. The molecule has 0 aliphatic heterocycles. The van der Waals surface area contributed by atoms with Crippen LogP contribution in [0.4, 0.5) is 0 Å². The van der Waals surface area contributed by atoms with Crippen molar-refractivity contribution in [3.8, 4) is 0 Å². The van der Waals surface area contributed by atoms with E-state index in [1.165, 1.54) is 0 Å². The summed E-state index contributed by atoms with van der Waals surface area (Å²) in [5.74, 6) is 0.109. The minimum Gasteiger partial charge on any atom is -0.313 e. The molecule has 0 aromatic heterocycles. The Bertz CT molecular complexity index is 559. The van der Waals surface area contributed by atoms with Crippen molar-refractivity contribution in [3.63, 3.8) is 0 Å². The molecule has 0 amide bonds. The van der Waals surface area contributed by atoms with Crippen LogP contribution in [0.25, 0.3) is 0 Å². The molecule has 20 heavy (non-hydrogen) atoms. The summed E-state index contributed by atoms with van der Waals surface area (Å²) < 4.78 is 26.1. The van der Waals surface area contributed by atoms with E-state index in [4.69, 9.17) is 23.2 Å². The predicted octanol–water partition coefficient (Wildman–Crippen LogP) is 2.21. The highest BCUT2D eigenvalue weighted by molar-refractivity contribution is 7.89. The van der Waals surface area contributed by atoms with E-state index in [1.54, 1.807) is 12.1 Å². The zero-order chi connectivity index (χ0) is 14.6. The number of hydrogen-bond acceptors (Lipinski definition) is 3. The van der Waals surface area contributed by atoms with Crippen LogP contribution in [-0.4, -0.2) is 33.3 Å². The monoisotopic (exact) mass is 336 g/mol. The first kappa shape index (κ1) is 16.0. The van der Waals surface area contributed by atoms with Gasteiger partial charge in [-0.3, -0.25) is 0 Å². The van der Waals surface area contributed by atoms with E-state index < -0.39 is 10.0 Å². The molecule has 1 aromatic rings. The Hall–Kier alpha value is -0.330. The Kier molecular flexibility index (Phi) is 5.69. The van der Waals surface area contributed by atoms with Gasteiger partial charge in [-0.1, -0.05) is 29.3 Å². The fourth-order valence-electron chi connectivity index (χ4n) is 1.82. The highest BCUT2D eigenvalue weighted by Gasteiger charge is 2.21. The number of benzene rings is 1. The van der Waals surface area contributed by atoms with Crippen molar-refractivity contribution >= 4 is 33.2 Å². The molecule has 4 nitrogen and oxygen atoms in total. The van der Waals surface area contributed by atoms with Gasteiger partial charge in [0.05, 0.1) is 5.75 Å². The molecule has 112 valence electrons. The molecule has 0 radical (unpaired) electrons. The summed E-state index contributed by atoms with van der Waals surface area (Å²) in [7, 11) is -3.22. The van der Waals surface area contributed by atoms with Crippen LogP contribution >= 0.6 is 23.2 Å². The van der Waals surface area contributed by atoms with Crippen molar-refractivity contribution in [2.45, 2.75) is 25.3 Å². The van der Waals surface area contributed by atoms with Crippen LogP contribution in [-0.2, 0) is 16.4 Å². The van der Waals surface area contributed by atoms with Gasteiger partial charge in [0.25, 0.3) is 0 Å². The summed E-state index contributed by atoms with van der Waals surface area (Å²) in [6.45, 7) is 0.842. The molecule has 0 unspecified atom stereocenters. The molecule has 2 rings (SSSR count). The molecule has 0 saturated heterocycles. The van der Waals surface area contributed by atoms with E-state index in [2.05, 4.69) is 10.0 Å². The first-order chi connectivity index (χ1) is 9.46. The highest BCUT2D eigenvalue weighted by Crippen LogP contribution is 2.21. The molecule has 0 atom stereocenters. The lowest BCUT2D eigenvalue weighted by Crippen LogP contribution is -2.33. The Morgan fingerprint density at radius 2 is 1.95 bits per heavy atom. The Labute approximate surface area is 129 Å². The second-order valence-electron chi connectivity index (χ2n) is 4.93. The third-order valence-electron chi connectivity index (χ3n) is 3.11. The zero-order valence-corrected chi connectivity index (χ0v) is 13.4. The third kappa shape index (κ3) is 5.58. The topological polar surface area (TPSA) is 58.2 Å². The molecule has 0 spiro atoms. The van der Waals surface area contributed by atoms with Gasteiger partial charge in [-0.05, 0) is 37.0 Å². The quantitative estimate of drug-likeness (QED) is 0.765. The fourth-order valence-corrected chi connectivity index (χ4v) is 3.27. The number of hydrogen-bond donors (Lipinski definition) is 2. The molecule has 2 N–H and O–H groups in total. The number of rotatable bonds is 8. The van der Waals surface area contributed by atoms with Gasteiger partial charge in [0, 0.05) is 29.2 Å². The van der Waals surface area contributed by atoms with Gasteiger partial charge in [0.1, 0.15) is 0 Å². The van der Waals surface area contributed by atoms with E-state index >= 15 is 0 Å². The van der Waals surface area contributed by atoms with Crippen molar-refractivity contribution in [3.05, 3.63) is 33.8 Å². The third-order valence-corrected chi connectivity index (χ3v) is 5.09. The number of halogens is 2. The van der Waals surface area contributed by atoms with Gasteiger partial charge >= 0.3 is 0 Å². The average Bonchev–Trinajstić information content (AvgIpc) is 3.16. The largest absolute Gasteiger partial charge is 0.313 e. The maximum absolute atomic E-state index is 11.8. The SMILES string of the molecule is O=S(=O)(CCNC1CC1)NCCc1ccc(Cl)cc1Cl. The Morgan fingerprint density at radius 3 is 2.60 bits per heavy atom. The fraction of sp³-hybridized carbons (Fsp3) is 0.538. The van der Waals surface area contributed by atoms with Crippen LogP contribution in [0.1, 0.15) is 18.4 Å². The van der Waals surface area contributed by atoms with Gasteiger partial charge in [0.15, 0.2) is 0 Å². The van der Waals surface area contributed by atoms with Crippen LogP contribution in [0, 0.1) is 0 Å². The lowest BCUT2D eigenvalue weighted by atomic mass is 10.1. The summed E-state index contributed by atoms with van der Waals surface area (Å²) in [5, 5.41) is 4.32. The van der Waals surface area contributed by atoms with Crippen molar-refractivity contribution < 1.29 is 8.42 Å². The molecule has 0 bridgehead atoms. The Balaban J connectivity index is 1.73. The average molecular weight is 337 g/mol. The summed E-state index contributed by atoms with van der Waals surface area (Å²) in [4.78, 5) is 0. The van der Waals surface area contributed by atoms with Crippen molar-refractivity contribution in [1.82, 2.24) is 10.0 Å². The lowest BCUT2D eigenvalue weighted by molar-refractivity contribution is 0.576. The Morgan fingerprint density at radius 1 is 1.20 bits per heavy atom. The van der Waals surface area contributed by atoms with E-state index in [-0.39, 0.29) is 5.75 Å². The van der Waals surface area contributed by atoms with Crippen LogP contribution in [0.2, 0.25) is 10.0 Å². The highest BCUT2D eigenvalue weighted by atomic mass is 35.5. The van der Waals surface area contributed by atoms with Crippen molar-refractivity contribution in [2.24, 2.45) is 0 Å². The summed E-state index contributed by atoms with van der Waals surface area (Å²) in [6, 6.07) is 5.75. The van der Waals surface area contributed by atoms with Gasteiger partial charge < -0.3 is 5.32 Å². The molecule has 1 saturated carbocycles. The standard InChI is InChI=1S/C13H18Cl2N2O2S/c14-11-2-1-10(13(15)9-11)5-6-17-20(18,19)8-7-16-12-3-4-12/h1-2,9,12,16-17H,3-8H2. The van der Waals surface area contributed by atoms with Gasteiger partial charge in [-0.15, -0.1) is 0 Å². The molecular weight excluding hydrogens is 319 g/mol. The van der Waals surface area contributed by atoms with E-state index in [9.17, 15) is 8.42 Å². The van der Waals surface area contributed by atoms with Crippen molar-refractivity contribution in [2.75, 3.05) is 18.8 Å². The van der Waals surface area contributed by atoms with Gasteiger partial charge in [0.2, 0.25) is 10.0 Å². The number of nitrogens with one attached hydrogen (secondary N) is 2. The second kappa shape index (κ2) is 7.09. The summed E-state index contributed by atoms with van der Waals surface area (Å²) in [6.07, 6.45) is 2.86. The first-order valence-electron chi connectivity index (χ1n) is 6.61. The van der Waals surface area contributed by atoms with Crippen LogP contribution < -0.4 is 10.0 Å². The minimum atomic E-state index is -3.22. The summed E-state index contributed by atoms with van der Waals surface area (Å²) in [5.41, 5.74) is 0.884. The minimum absolute atomic E-state index is 0.109. The smallest absolute Gasteiger partial charge is 0.212 e. The second-order valence-corrected chi connectivity index (χ2v) is 7.70. The van der Waals surface area contributed by atoms with Crippen LogP contribution in [0.5, 0.6) is 0 Å². The van der Waals surface area contributed by atoms with E-state index in [0.29, 0.717) is 35.6 Å². The van der Waals surface area contributed by atoms with E-state index in [1.807, 2.05) is 6.07 Å². The maximum atomic E-state index is 11.8. The molecule has 1 fully saturated rings. The molecule has 0 heterocycles. The summed E-state index contributed by atoms with van der Waals surface area (Å²) >= 11 is 11.8. The maximum Gasteiger partial charge on any atom is 0.212 e. The molecule has 1 aliphatic carbocycles. The zero-order valence-electron chi connectivity index (χ0n) is 11.0. The van der Waals surface area contributed by atoms with Crippen LogP contribution in [0.15, 0.2) is 18.2 Å². The lowest BCUT2D eigenvalue weighted by Gasteiger charge is -2.08. The molecular formula is C13H18Cl2N2O2S. The predicted molar refractivity (Wildman–Crippen MR) is 83.0 cm³/mol. The normalized spacial score (nSPS) is 15.5. The molecule has 1 aromatic carbocycles.